The Hall–Kier alpha value is -0.680. The molecule has 90 valence electrons. The van der Waals surface area contributed by atoms with Crippen LogP contribution in [0, 0.1) is 5.92 Å². The standard InChI is InChI=1S/C11H19N3OS/c1-8(2)10-13-11(16-14-10)15-7-9-4-3-5-12-6-9/h8-9,12H,3-7H2,1-2H3. The van der Waals surface area contributed by atoms with E-state index in [2.05, 4.69) is 28.5 Å². The molecule has 1 fully saturated rings. The zero-order valence-corrected chi connectivity index (χ0v) is 10.7. The smallest absolute Gasteiger partial charge is 0.293 e. The number of aromatic nitrogens is 2. The van der Waals surface area contributed by atoms with Crippen LogP contribution in [-0.4, -0.2) is 29.1 Å². The minimum Gasteiger partial charge on any atom is -0.469 e. The molecule has 1 saturated heterocycles. The van der Waals surface area contributed by atoms with Crippen LogP contribution in [0.15, 0.2) is 0 Å². The summed E-state index contributed by atoms with van der Waals surface area (Å²) in [5.74, 6) is 1.90. The van der Waals surface area contributed by atoms with E-state index in [4.69, 9.17) is 4.74 Å². The number of hydrogen-bond acceptors (Lipinski definition) is 5. The highest BCUT2D eigenvalue weighted by molar-refractivity contribution is 7.07. The van der Waals surface area contributed by atoms with Crippen LogP contribution in [0.4, 0.5) is 0 Å². The summed E-state index contributed by atoms with van der Waals surface area (Å²) < 4.78 is 9.95. The van der Waals surface area contributed by atoms with Gasteiger partial charge in [0.15, 0.2) is 0 Å². The van der Waals surface area contributed by atoms with Gasteiger partial charge in [0.05, 0.1) is 6.61 Å². The Labute approximate surface area is 101 Å². The van der Waals surface area contributed by atoms with Gasteiger partial charge in [0.25, 0.3) is 5.19 Å². The maximum absolute atomic E-state index is 5.68. The quantitative estimate of drug-likeness (QED) is 0.876. The van der Waals surface area contributed by atoms with E-state index in [1.54, 1.807) is 0 Å². The average Bonchev–Trinajstić information content (AvgIpc) is 2.76. The van der Waals surface area contributed by atoms with Gasteiger partial charge in [-0.25, -0.2) is 0 Å². The van der Waals surface area contributed by atoms with Gasteiger partial charge in [-0.15, -0.1) is 0 Å². The third-order valence-corrected chi connectivity index (χ3v) is 3.42. The lowest BCUT2D eigenvalue weighted by molar-refractivity contribution is 0.217. The summed E-state index contributed by atoms with van der Waals surface area (Å²) in [6, 6.07) is 0. The van der Waals surface area contributed by atoms with Gasteiger partial charge in [-0.1, -0.05) is 13.8 Å². The van der Waals surface area contributed by atoms with Gasteiger partial charge >= 0.3 is 0 Å². The van der Waals surface area contributed by atoms with Crippen molar-refractivity contribution < 1.29 is 4.74 Å². The molecule has 2 rings (SSSR count). The topological polar surface area (TPSA) is 47.0 Å². The van der Waals surface area contributed by atoms with Gasteiger partial charge in [-0.3, -0.25) is 0 Å². The predicted octanol–water partition coefficient (Wildman–Crippen LogP) is 2.04. The fourth-order valence-corrected chi connectivity index (χ4v) is 2.45. The number of rotatable bonds is 4. The van der Waals surface area contributed by atoms with Crippen LogP contribution >= 0.6 is 11.5 Å². The van der Waals surface area contributed by atoms with E-state index in [1.165, 1.54) is 24.4 Å². The fourth-order valence-electron chi connectivity index (χ4n) is 1.77. The molecule has 0 saturated carbocycles. The Morgan fingerprint density at radius 1 is 1.56 bits per heavy atom. The first-order valence-electron chi connectivity index (χ1n) is 5.93. The van der Waals surface area contributed by atoms with Gasteiger partial charge in [0.1, 0.15) is 5.82 Å². The summed E-state index contributed by atoms with van der Waals surface area (Å²) in [6.45, 7) is 7.16. The first-order valence-corrected chi connectivity index (χ1v) is 6.70. The zero-order valence-electron chi connectivity index (χ0n) is 9.90. The molecule has 1 aromatic rings. The lowest BCUT2D eigenvalue weighted by Gasteiger charge is -2.21. The van der Waals surface area contributed by atoms with E-state index in [9.17, 15) is 0 Å². The van der Waals surface area contributed by atoms with E-state index >= 15 is 0 Å². The summed E-state index contributed by atoms with van der Waals surface area (Å²) in [5, 5.41) is 4.10. The number of hydrogen-bond donors (Lipinski definition) is 1. The molecule has 0 spiro atoms. The Balaban J connectivity index is 1.79. The number of ether oxygens (including phenoxy) is 1. The number of nitrogens with one attached hydrogen (secondary N) is 1. The predicted molar refractivity (Wildman–Crippen MR) is 65.1 cm³/mol. The lowest BCUT2D eigenvalue weighted by atomic mass is 10.0. The van der Waals surface area contributed by atoms with Crippen LogP contribution in [-0.2, 0) is 0 Å². The van der Waals surface area contributed by atoms with Crippen LogP contribution in [0.5, 0.6) is 5.19 Å². The minimum atomic E-state index is 0.380. The second-order valence-corrected chi connectivity index (χ2v) is 5.31. The monoisotopic (exact) mass is 241 g/mol. The molecule has 2 heterocycles. The second-order valence-electron chi connectivity index (χ2n) is 4.60. The molecular weight excluding hydrogens is 222 g/mol. The molecular formula is C11H19N3OS. The van der Waals surface area contributed by atoms with Crippen molar-refractivity contribution in [3.05, 3.63) is 5.82 Å². The van der Waals surface area contributed by atoms with Crippen molar-refractivity contribution in [1.82, 2.24) is 14.7 Å². The van der Waals surface area contributed by atoms with Crippen molar-refractivity contribution in [2.45, 2.75) is 32.6 Å². The SMILES string of the molecule is CC(C)c1nsc(OCC2CCCNC2)n1. The van der Waals surface area contributed by atoms with E-state index in [0.717, 1.165) is 25.5 Å². The van der Waals surface area contributed by atoms with Crippen molar-refractivity contribution in [1.29, 1.82) is 0 Å². The molecule has 1 unspecified atom stereocenters. The summed E-state index contributed by atoms with van der Waals surface area (Å²) in [4.78, 5) is 4.36. The zero-order chi connectivity index (χ0) is 11.4. The van der Waals surface area contributed by atoms with Crippen molar-refractivity contribution >= 4 is 11.5 Å². The molecule has 1 aromatic heterocycles. The minimum absolute atomic E-state index is 0.380. The largest absolute Gasteiger partial charge is 0.469 e. The molecule has 1 aliphatic rings. The van der Waals surface area contributed by atoms with E-state index < -0.39 is 0 Å². The molecule has 0 bridgehead atoms. The Morgan fingerprint density at radius 2 is 2.44 bits per heavy atom. The van der Waals surface area contributed by atoms with Crippen molar-refractivity contribution in [2.75, 3.05) is 19.7 Å². The first-order chi connectivity index (χ1) is 7.75. The molecule has 4 nitrogen and oxygen atoms in total. The molecule has 1 atom stereocenters. The van der Waals surface area contributed by atoms with Crippen molar-refractivity contribution in [3.63, 3.8) is 0 Å². The van der Waals surface area contributed by atoms with Gasteiger partial charge < -0.3 is 10.1 Å². The van der Waals surface area contributed by atoms with Crippen LogP contribution in [0.3, 0.4) is 0 Å². The average molecular weight is 241 g/mol. The van der Waals surface area contributed by atoms with Gasteiger partial charge in [0.2, 0.25) is 0 Å². The summed E-state index contributed by atoms with van der Waals surface area (Å²) >= 11 is 1.36. The number of piperidine rings is 1. The third-order valence-electron chi connectivity index (χ3n) is 2.78. The van der Waals surface area contributed by atoms with Crippen LogP contribution < -0.4 is 10.1 Å². The van der Waals surface area contributed by atoms with Crippen LogP contribution in [0.2, 0.25) is 0 Å². The molecule has 1 aliphatic heterocycles. The Kier molecular flexibility index (Phi) is 4.12. The molecule has 1 N–H and O–H groups in total. The van der Waals surface area contributed by atoms with Crippen molar-refractivity contribution in [2.24, 2.45) is 5.92 Å². The third kappa shape index (κ3) is 3.15. The Morgan fingerprint density at radius 3 is 3.06 bits per heavy atom. The summed E-state index contributed by atoms with van der Waals surface area (Å²) in [7, 11) is 0. The fraction of sp³-hybridized carbons (Fsp3) is 0.818. The normalized spacial score (nSPS) is 21.3. The van der Waals surface area contributed by atoms with E-state index in [-0.39, 0.29) is 0 Å². The highest BCUT2D eigenvalue weighted by atomic mass is 32.1. The van der Waals surface area contributed by atoms with Gasteiger partial charge in [-0.05, 0) is 19.4 Å². The highest BCUT2D eigenvalue weighted by Gasteiger charge is 2.15. The van der Waals surface area contributed by atoms with Crippen LogP contribution in [0.1, 0.15) is 38.4 Å². The van der Waals surface area contributed by atoms with E-state index in [0.29, 0.717) is 17.0 Å². The molecule has 0 amide bonds. The maximum atomic E-state index is 5.68. The lowest BCUT2D eigenvalue weighted by Crippen LogP contribution is -2.33. The second kappa shape index (κ2) is 5.59. The maximum Gasteiger partial charge on any atom is 0.293 e. The Bertz CT molecular complexity index is 321. The summed E-state index contributed by atoms with van der Waals surface area (Å²) in [6.07, 6.45) is 2.50. The van der Waals surface area contributed by atoms with Crippen molar-refractivity contribution in [3.8, 4) is 5.19 Å². The molecule has 0 aromatic carbocycles. The summed E-state index contributed by atoms with van der Waals surface area (Å²) in [5.41, 5.74) is 0. The molecule has 0 aliphatic carbocycles. The van der Waals surface area contributed by atoms with E-state index in [1.807, 2.05) is 0 Å². The van der Waals surface area contributed by atoms with Crippen LogP contribution in [0.25, 0.3) is 0 Å². The number of nitrogens with zero attached hydrogens (tertiary/aromatic N) is 2. The molecule has 5 heteroatoms. The van der Waals surface area contributed by atoms with Gasteiger partial charge in [0, 0.05) is 29.9 Å². The highest BCUT2D eigenvalue weighted by Crippen LogP contribution is 2.20. The van der Waals surface area contributed by atoms with Gasteiger partial charge in [-0.2, -0.15) is 9.36 Å². The first kappa shape index (κ1) is 11.8. The molecule has 0 radical (unpaired) electrons. The molecule has 16 heavy (non-hydrogen) atoms.